The van der Waals surface area contributed by atoms with Crippen molar-refractivity contribution in [1.82, 2.24) is 34.4 Å². The molecule has 1 saturated heterocycles. The first-order chi connectivity index (χ1) is 13.2. The second-order valence-corrected chi connectivity index (χ2v) is 7.51. The lowest BCUT2D eigenvalue weighted by molar-refractivity contribution is 0.148. The molecular formula is C18H24N8S. The number of nitrogens with one attached hydrogen (secondary N) is 1. The number of anilines is 1. The molecule has 9 heteroatoms. The van der Waals surface area contributed by atoms with Crippen molar-refractivity contribution in [3.63, 3.8) is 0 Å². The normalized spacial score (nSPS) is 16.1. The van der Waals surface area contributed by atoms with Gasteiger partial charge < -0.3 is 10.2 Å². The summed E-state index contributed by atoms with van der Waals surface area (Å²) < 4.78 is 1.81. The Labute approximate surface area is 163 Å². The van der Waals surface area contributed by atoms with Crippen molar-refractivity contribution in [1.29, 1.82) is 0 Å². The lowest BCUT2D eigenvalue weighted by Crippen LogP contribution is -2.43. The Morgan fingerprint density at radius 1 is 1.15 bits per heavy atom. The van der Waals surface area contributed by atoms with Crippen LogP contribution in [0.3, 0.4) is 0 Å². The zero-order chi connectivity index (χ0) is 18.6. The molecule has 0 atom stereocenters. The maximum atomic E-state index is 4.71. The molecule has 0 bridgehead atoms. The van der Waals surface area contributed by atoms with Gasteiger partial charge in [-0.25, -0.2) is 4.98 Å². The zero-order valence-electron chi connectivity index (χ0n) is 15.7. The summed E-state index contributed by atoms with van der Waals surface area (Å²) in [6.07, 6.45) is 7.54. The third-order valence-corrected chi connectivity index (χ3v) is 5.31. The SMILES string of the molecule is CSc1nc(NCc2cccnc2)n2ncc(CN3CCN(C)CC3)c2n1. The Bertz CT molecular complexity index is 889. The largest absolute Gasteiger partial charge is 0.350 e. The summed E-state index contributed by atoms with van der Waals surface area (Å²) in [6, 6.07) is 3.97. The molecule has 1 fully saturated rings. The van der Waals surface area contributed by atoms with Crippen LogP contribution in [0, 0.1) is 0 Å². The number of piperazine rings is 1. The Kier molecular flexibility index (Phi) is 5.51. The molecule has 1 aliphatic heterocycles. The minimum atomic E-state index is 0.640. The van der Waals surface area contributed by atoms with Gasteiger partial charge in [0, 0.05) is 57.2 Å². The second-order valence-electron chi connectivity index (χ2n) is 6.73. The van der Waals surface area contributed by atoms with Gasteiger partial charge in [0.25, 0.3) is 0 Å². The predicted molar refractivity (Wildman–Crippen MR) is 107 cm³/mol. The standard InChI is InChI=1S/C18H24N8S/c1-24-6-8-25(9-7-24)13-15-12-21-26-16(15)22-18(27-2)23-17(26)20-11-14-4-3-5-19-10-14/h3-5,10,12H,6-9,11,13H2,1-2H3,(H,20,22,23). The molecular weight excluding hydrogens is 360 g/mol. The van der Waals surface area contributed by atoms with Gasteiger partial charge in [0.1, 0.15) is 0 Å². The fourth-order valence-corrected chi connectivity index (χ4v) is 3.51. The number of hydrogen-bond acceptors (Lipinski definition) is 8. The molecule has 0 spiro atoms. The molecule has 0 saturated carbocycles. The van der Waals surface area contributed by atoms with Gasteiger partial charge in [-0.3, -0.25) is 9.88 Å². The van der Waals surface area contributed by atoms with Crippen molar-refractivity contribution in [2.75, 3.05) is 44.8 Å². The molecule has 3 aromatic heterocycles. The number of thioether (sulfide) groups is 1. The van der Waals surface area contributed by atoms with E-state index in [1.165, 1.54) is 0 Å². The van der Waals surface area contributed by atoms with E-state index in [9.17, 15) is 0 Å². The Morgan fingerprint density at radius 2 is 2.00 bits per heavy atom. The first kappa shape index (κ1) is 18.1. The maximum absolute atomic E-state index is 4.71. The van der Waals surface area contributed by atoms with Crippen LogP contribution in [0.25, 0.3) is 5.65 Å². The van der Waals surface area contributed by atoms with E-state index in [-0.39, 0.29) is 0 Å². The molecule has 4 rings (SSSR count). The average molecular weight is 385 g/mol. The van der Waals surface area contributed by atoms with Crippen LogP contribution >= 0.6 is 11.8 Å². The summed E-state index contributed by atoms with van der Waals surface area (Å²) in [5, 5.41) is 8.68. The number of fused-ring (bicyclic) bond motifs is 1. The fraction of sp³-hybridized carbons (Fsp3) is 0.444. The van der Waals surface area contributed by atoms with Crippen molar-refractivity contribution in [3.8, 4) is 0 Å². The number of aromatic nitrogens is 5. The Hall–Kier alpha value is -2.23. The van der Waals surface area contributed by atoms with Crippen LogP contribution in [0.4, 0.5) is 5.95 Å². The summed E-state index contributed by atoms with van der Waals surface area (Å²) in [4.78, 5) is 18.3. The quantitative estimate of drug-likeness (QED) is 0.643. The van der Waals surface area contributed by atoms with E-state index in [0.29, 0.717) is 12.5 Å². The molecule has 0 amide bonds. The van der Waals surface area contributed by atoms with Crippen molar-refractivity contribution < 1.29 is 0 Å². The molecule has 8 nitrogen and oxygen atoms in total. The summed E-state index contributed by atoms with van der Waals surface area (Å²) >= 11 is 1.54. The van der Waals surface area contributed by atoms with E-state index in [1.807, 2.05) is 35.3 Å². The highest BCUT2D eigenvalue weighted by atomic mass is 32.2. The maximum Gasteiger partial charge on any atom is 0.228 e. The molecule has 1 aliphatic rings. The van der Waals surface area contributed by atoms with Gasteiger partial charge in [0.2, 0.25) is 5.95 Å². The lowest BCUT2D eigenvalue weighted by atomic mass is 10.2. The van der Waals surface area contributed by atoms with Crippen LogP contribution in [-0.4, -0.2) is 73.8 Å². The van der Waals surface area contributed by atoms with Crippen LogP contribution in [0.15, 0.2) is 35.9 Å². The molecule has 27 heavy (non-hydrogen) atoms. The van der Waals surface area contributed by atoms with Crippen molar-refractivity contribution in [2.45, 2.75) is 18.2 Å². The third kappa shape index (κ3) is 4.20. The fourth-order valence-electron chi connectivity index (χ4n) is 3.15. The topological polar surface area (TPSA) is 74.5 Å². The summed E-state index contributed by atoms with van der Waals surface area (Å²) in [5.74, 6) is 0.706. The van der Waals surface area contributed by atoms with Gasteiger partial charge in [0.15, 0.2) is 10.8 Å². The van der Waals surface area contributed by atoms with Gasteiger partial charge in [-0.15, -0.1) is 0 Å². The summed E-state index contributed by atoms with van der Waals surface area (Å²) in [6.45, 7) is 5.84. The highest BCUT2D eigenvalue weighted by Crippen LogP contribution is 2.20. The molecule has 0 aromatic carbocycles. The molecule has 0 unspecified atom stereocenters. The van der Waals surface area contributed by atoms with Crippen LogP contribution in [0.1, 0.15) is 11.1 Å². The van der Waals surface area contributed by atoms with Crippen molar-refractivity contribution in [3.05, 3.63) is 41.9 Å². The van der Waals surface area contributed by atoms with Gasteiger partial charge in [-0.1, -0.05) is 17.8 Å². The van der Waals surface area contributed by atoms with Crippen molar-refractivity contribution in [2.24, 2.45) is 0 Å². The smallest absolute Gasteiger partial charge is 0.228 e. The number of hydrogen-bond donors (Lipinski definition) is 1. The molecule has 3 aromatic rings. The highest BCUT2D eigenvalue weighted by Gasteiger charge is 2.18. The van der Waals surface area contributed by atoms with E-state index >= 15 is 0 Å². The van der Waals surface area contributed by atoms with Gasteiger partial charge in [0.05, 0.1) is 6.20 Å². The minimum Gasteiger partial charge on any atom is -0.350 e. The van der Waals surface area contributed by atoms with Crippen LogP contribution in [0.5, 0.6) is 0 Å². The first-order valence-electron chi connectivity index (χ1n) is 9.05. The van der Waals surface area contributed by atoms with E-state index in [1.54, 1.807) is 18.0 Å². The number of likely N-dealkylation sites (N-methyl/N-ethyl adjacent to an activating group) is 1. The molecule has 0 radical (unpaired) electrons. The second kappa shape index (κ2) is 8.20. The van der Waals surface area contributed by atoms with Gasteiger partial charge in [-0.05, 0) is 24.9 Å². The number of pyridine rings is 1. The van der Waals surface area contributed by atoms with E-state index in [2.05, 4.69) is 37.2 Å². The molecule has 4 heterocycles. The van der Waals surface area contributed by atoms with E-state index < -0.39 is 0 Å². The monoisotopic (exact) mass is 384 g/mol. The zero-order valence-corrected chi connectivity index (χ0v) is 16.5. The van der Waals surface area contributed by atoms with Gasteiger partial charge >= 0.3 is 0 Å². The van der Waals surface area contributed by atoms with E-state index in [4.69, 9.17) is 4.98 Å². The van der Waals surface area contributed by atoms with Crippen LogP contribution in [0.2, 0.25) is 0 Å². The van der Waals surface area contributed by atoms with Crippen molar-refractivity contribution >= 4 is 23.4 Å². The number of nitrogens with zero attached hydrogens (tertiary/aromatic N) is 7. The number of rotatable bonds is 6. The highest BCUT2D eigenvalue weighted by molar-refractivity contribution is 7.98. The van der Waals surface area contributed by atoms with Crippen LogP contribution in [-0.2, 0) is 13.1 Å². The summed E-state index contributed by atoms with van der Waals surface area (Å²) in [5.41, 5.74) is 3.11. The molecule has 0 aliphatic carbocycles. The van der Waals surface area contributed by atoms with E-state index in [0.717, 1.165) is 54.7 Å². The minimum absolute atomic E-state index is 0.640. The predicted octanol–water partition coefficient (Wildman–Crippen LogP) is 1.60. The van der Waals surface area contributed by atoms with Gasteiger partial charge in [-0.2, -0.15) is 14.6 Å². The first-order valence-corrected chi connectivity index (χ1v) is 10.3. The average Bonchev–Trinajstić information content (AvgIpc) is 3.11. The third-order valence-electron chi connectivity index (χ3n) is 4.77. The molecule has 1 N–H and O–H groups in total. The lowest BCUT2D eigenvalue weighted by Gasteiger charge is -2.31. The summed E-state index contributed by atoms with van der Waals surface area (Å²) in [7, 11) is 2.17. The molecule has 142 valence electrons. The Morgan fingerprint density at radius 3 is 2.74 bits per heavy atom. The Balaban J connectivity index is 1.57. The van der Waals surface area contributed by atoms with Crippen LogP contribution < -0.4 is 5.32 Å².